The second-order valence-electron chi connectivity index (χ2n) is 7.67. The van der Waals surface area contributed by atoms with Gasteiger partial charge in [-0.2, -0.15) is 0 Å². The van der Waals surface area contributed by atoms with Crippen LogP contribution in [-0.2, 0) is 0 Å². The lowest BCUT2D eigenvalue weighted by Crippen LogP contribution is -2.30. The maximum atomic E-state index is 10.9. The predicted octanol–water partition coefficient (Wildman–Crippen LogP) is 4.47. The third kappa shape index (κ3) is 4.80. The molecule has 22 heavy (non-hydrogen) atoms. The molecule has 0 heterocycles. The largest absolute Gasteiger partial charge is 0.388 e. The lowest BCUT2D eigenvalue weighted by molar-refractivity contribution is 0.0839. The summed E-state index contributed by atoms with van der Waals surface area (Å²) in [6.07, 6.45) is 4.62. The summed E-state index contributed by atoms with van der Waals surface area (Å²) < 4.78 is 0. The van der Waals surface area contributed by atoms with Gasteiger partial charge in [0, 0.05) is 0 Å². The van der Waals surface area contributed by atoms with Gasteiger partial charge >= 0.3 is 0 Å². The van der Waals surface area contributed by atoms with Crippen molar-refractivity contribution in [2.75, 3.05) is 0 Å². The molecule has 2 rings (SSSR count). The normalized spacial score (nSPS) is 20.7. The zero-order valence-electron chi connectivity index (χ0n) is 14.1. The monoisotopic (exact) mass is 318 g/mol. The van der Waals surface area contributed by atoms with Crippen molar-refractivity contribution in [2.45, 2.75) is 64.0 Å². The van der Waals surface area contributed by atoms with Gasteiger partial charge in [-0.25, -0.2) is 0 Å². The van der Waals surface area contributed by atoms with Crippen LogP contribution in [0.2, 0.25) is 19.6 Å². The Morgan fingerprint density at radius 3 is 2.18 bits per heavy atom. The first-order chi connectivity index (χ1) is 10.4. The molecule has 0 saturated heterocycles. The Labute approximate surface area is 135 Å². The van der Waals surface area contributed by atoms with Crippen molar-refractivity contribution in [2.24, 2.45) is 5.92 Å². The van der Waals surface area contributed by atoms with Crippen LogP contribution in [0.25, 0.3) is 0 Å². The summed E-state index contributed by atoms with van der Waals surface area (Å²) in [7, 11) is -1.52. The van der Waals surface area contributed by atoms with Crippen molar-refractivity contribution in [3.8, 4) is 0 Å². The van der Waals surface area contributed by atoms with Gasteiger partial charge in [-0.1, -0.05) is 74.9 Å². The average Bonchev–Trinajstić information content (AvgIpc) is 2.52. The van der Waals surface area contributed by atoms with E-state index in [0.29, 0.717) is 5.92 Å². The van der Waals surface area contributed by atoms with Crippen LogP contribution in [0.4, 0.5) is 0 Å². The van der Waals surface area contributed by atoms with Crippen molar-refractivity contribution in [1.82, 2.24) is 0 Å². The van der Waals surface area contributed by atoms with E-state index in [2.05, 4.69) is 25.3 Å². The molecule has 2 N–H and O–H groups in total. The molecule has 0 unspecified atom stereocenters. The number of hydrogen-bond donors (Lipinski definition) is 2. The fourth-order valence-electron chi connectivity index (χ4n) is 3.38. The molecular formula is C19H30O2Si. The lowest BCUT2D eigenvalue weighted by atomic mass is 9.81. The Bertz CT molecular complexity index is 484. The zero-order valence-corrected chi connectivity index (χ0v) is 15.1. The number of aliphatic hydroxyl groups is 2. The van der Waals surface area contributed by atoms with Crippen LogP contribution >= 0.6 is 0 Å². The molecule has 2 atom stereocenters. The van der Waals surface area contributed by atoms with E-state index >= 15 is 0 Å². The molecule has 2 nitrogen and oxygen atoms in total. The molecule has 1 fully saturated rings. The first kappa shape index (κ1) is 17.5. The molecule has 1 aliphatic carbocycles. The average molecular weight is 319 g/mol. The molecule has 0 bridgehead atoms. The second-order valence-corrected chi connectivity index (χ2v) is 12.7. The van der Waals surface area contributed by atoms with Gasteiger partial charge < -0.3 is 10.2 Å². The minimum atomic E-state index is -1.52. The lowest BCUT2D eigenvalue weighted by Gasteiger charge is -2.32. The number of rotatable bonds is 5. The topological polar surface area (TPSA) is 40.5 Å². The second kappa shape index (κ2) is 7.58. The quantitative estimate of drug-likeness (QED) is 0.787. The van der Waals surface area contributed by atoms with Gasteiger partial charge in [0.2, 0.25) is 0 Å². The van der Waals surface area contributed by atoms with Gasteiger partial charge in [-0.3, -0.25) is 0 Å². The van der Waals surface area contributed by atoms with Crippen molar-refractivity contribution >= 4 is 8.07 Å². The summed E-state index contributed by atoms with van der Waals surface area (Å²) in [5, 5.41) is 21.8. The highest BCUT2D eigenvalue weighted by Gasteiger charge is 2.30. The maximum Gasteiger partial charge on any atom is 0.102 e. The Hall–Kier alpha value is -0.903. The van der Waals surface area contributed by atoms with E-state index in [4.69, 9.17) is 0 Å². The van der Waals surface area contributed by atoms with Gasteiger partial charge in [0.25, 0.3) is 0 Å². The van der Waals surface area contributed by atoms with Gasteiger partial charge in [0.15, 0.2) is 0 Å². The van der Waals surface area contributed by atoms with E-state index in [1.165, 1.54) is 19.3 Å². The van der Waals surface area contributed by atoms with Crippen LogP contribution < -0.4 is 0 Å². The van der Waals surface area contributed by atoms with E-state index in [-0.39, 0.29) is 0 Å². The summed E-state index contributed by atoms with van der Waals surface area (Å²) in [5.74, 6) is 0.301. The van der Waals surface area contributed by atoms with E-state index in [9.17, 15) is 10.2 Å². The van der Waals surface area contributed by atoms with Crippen molar-refractivity contribution in [3.63, 3.8) is 0 Å². The summed E-state index contributed by atoms with van der Waals surface area (Å²) in [4.78, 5) is 0. The van der Waals surface area contributed by atoms with E-state index in [0.717, 1.165) is 24.0 Å². The Balaban J connectivity index is 2.28. The summed E-state index contributed by atoms with van der Waals surface area (Å²) in [5.41, 5.74) is 3.91. The highest BCUT2D eigenvalue weighted by molar-refractivity contribution is 6.81. The van der Waals surface area contributed by atoms with Gasteiger partial charge in [-0.05, 0) is 29.9 Å². The number of aliphatic hydroxyl groups excluding tert-OH is 2. The SMILES string of the molecule is C[Si](C)(C)/C=C(/[C@@H](O)C1CCCCC1)[C@H](O)c1ccccc1. The van der Waals surface area contributed by atoms with E-state index in [1.807, 2.05) is 30.3 Å². The predicted molar refractivity (Wildman–Crippen MR) is 95.4 cm³/mol. The summed E-state index contributed by atoms with van der Waals surface area (Å²) in [6.45, 7) is 6.74. The highest BCUT2D eigenvalue weighted by atomic mass is 28.3. The summed E-state index contributed by atoms with van der Waals surface area (Å²) >= 11 is 0. The van der Waals surface area contributed by atoms with E-state index in [1.54, 1.807) is 0 Å². The molecule has 0 aliphatic heterocycles. The molecular weight excluding hydrogens is 288 g/mol. The molecule has 1 aliphatic rings. The van der Waals surface area contributed by atoms with Gasteiger partial charge in [0.1, 0.15) is 6.10 Å². The molecule has 0 radical (unpaired) electrons. The number of hydrogen-bond acceptors (Lipinski definition) is 2. The third-order valence-corrected chi connectivity index (χ3v) is 5.67. The highest BCUT2D eigenvalue weighted by Crippen LogP contribution is 2.35. The molecule has 3 heteroatoms. The van der Waals surface area contributed by atoms with Crippen molar-refractivity contribution in [1.29, 1.82) is 0 Å². The number of benzene rings is 1. The van der Waals surface area contributed by atoms with Crippen molar-refractivity contribution < 1.29 is 10.2 Å². The molecule has 122 valence electrons. The standard InChI is InChI=1S/C19H30O2Si/c1-22(2,3)14-17(18(20)15-10-6-4-7-11-15)19(21)16-12-8-5-9-13-16/h4,6-7,10-11,14,16,18-21H,5,8-9,12-13H2,1-3H3/b17-14+/t18-,19+/m1/s1. The van der Waals surface area contributed by atoms with Crippen LogP contribution in [0, 0.1) is 5.92 Å². The molecule has 0 aromatic heterocycles. The Morgan fingerprint density at radius 1 is 1.05 bits per heavy atom. The van der Waals surface area contributed by atoms with Crippen LogP contribution in [0.15, 0.2) is 41.6 Å². The molecule has 1 aromatic carbocycles. The fraction of sp³-hybridized carbons (Fsp3) is 0.579. The van der Waals surface area contributed by atoms with Crippen LogP contribution in [0.3, 0.4) is 0 Å². The molecule has 1 saturated carbocycles. The molecule has 1 aromatic rings. The third-order valence-electron chi connectivity index (χ3n) is 4.47. The van der Waals surface area contributed by atoms with Crippen LogP contribution in [0.1, 0.15) is 43.8 Å². The first-order valence-corrected chi connectivity index (χ1v) is 12.1. The molecule has 0 amide bonds. The first-order valence-electron chi connectivity index (χ1n) is 8.52. The van der Waals surface area contributed by atoms with E-state index < -0.39 is 20.3 Å². The van der Waals surface area contributed by atoms with Crippen LogP contribution in [0.5, 0.6) is 0 Å². The van der Waals surface area contributed by atoms with Gasteiger partial charge in [-0.15, -0.1) is 0 Å². The Kier molecular flexibility index (Phi) is 6.01. The van der Waals surface area contributed by atoms with Crippen molar-refractivity contribution in [3.05, 3.63) is 47.2 Å². The maximum absolute atomic E-state index is 10.9. The Morgan fingerprint density at radius 2 is 1.64 bits per heavy atom. The zero-order chi connectivity index (χ0) is 16.2. The molecule has 0 spiro atoms. The van der Waals surface area contributed by atoms with Gasteiger partial charge in [0.05, 0.1) is 14.2 Å². The van der Waals surface area contributed by atoms with Crippen LogP contribution in [-0.4, -0.2) is 24.4 Å². The fourth-order valence-corrected chi connectivity index (χ4v) is 4.70. The minimum Gasteiger partial charge on any atom is -0.388 e. The summed E-state index contributed by atoms with van der Waals surface area (Å²) in [6, 6.07) is 9.72. The minimum absolute atomic E-state index is 0.301. The smallest absolute Gasteiger partial charge is 0.102 e.